The molecule has 2 heterocycles. The third kappa shape index (κ3) is 4.35. The van der Waals surface area contributed by atoms with Gasteiger partial charge in [0.25, 0.3) is 0 Å². The Morgan fingerprint density at radius 2 is 2.00 bits per heavy atom. The molecule has 0 saturated heterocycles. The molecule has 0 spiro atoms. The SMILES string of the molecule is Cc1ccnc(-c2nc(C(C)C)c(CNC(C)(C)C)s2)c1. The Hall–Kier alpha value is -1.26. The van der Waals surface area contributed by atoms with Crippen LogP contribution >= 0.6 is 11.3 Å². The summed E-state index contributed by atoms with van der Waals surface area (Å²) in [6.45, 7) is 13.9. The van der Waals surface area contributed by atoms with Crippen molar-refractivity contribution in [3.05, 3.63) is 34.5 Å². The Labute approximate surface area is 131 Å². The predicted molar refractivity (Wildman–Crippen MR) is 90.8 cm³/mol. The molecule has 114 valence electrons. The first-order valence-electron chi connectivity index (χ1n) is 7.44. The van der Waals surface area contributed by atoms with Crippen molar-refractivity contribution < 1.29 is 0 Å². The third-order valence-electron chi connectivity index (χ3n) is 3.19. The van der Waals surface area contributed by atoms with E-state index in [1.54, 1.807) is 11.3 Å². The molecule has 0 aliphatic rings. The molecule has 0 radical (unpaired) electrons. The second kappa shape index (κ2) is 6.24. The van der Waals surface area contributed by atoms with E-state index >= 15 is 0 Å². The quantitative estimate of drug-likeness (QED) is 0.902. The van der Waals surface area contributed by atoms with E-state index in [1.807, 2.05) is 12.3 Å². The number of aromatic nitrogens is 2. The van der Waals surface area contributed by atoms with Gasteiger partial charge in [-0.3, -0.25) is 4.98 Å². The standard InChI is InChI=1S/C17H25N3S/c1-11(2)15-14(10-19-17(4,5)6)21-16(20-15)13-9-12(3)7-8-18-13/h7-9,11,19H,10H2,1-6H3. The topological polar surface area (TPSA) is 37.8 Å². The van der Waals surface area contributed by atoms with Crippen LogP contribution < -0.4 is 5.32 Å². The van der Waals surface area contributed by atoms with Crippen LogP contribution in [0.1, 0.15) is 56.7 Å². The van der Waals surface area contributed by atoms with Crippen molar-refractivity contribution in [3.63, 3.8) is 0 Å². The van der Waals surface area contributed by atoms with Crippen molar-refractivity contribution in [2.45, 2.75) is 59.5 Å². The highest BCUT2D eigenvalue weighted by molar-refractivity contribution is 7.15. The van der Waals surface area contributed by atoms with Crippen LogP contribution in [0.3, 0.4) is 0 Å². The fraction of sp³-hybridized carbons (Fsp3) is 0.529. The molecule has 0 aliphatic heterocycles. The van der Waals surface area contributed by atoms with Crippen molar-refractivity contribution in [1.82, 2.24) is 15.3 Å². The zero-order chi connectivity index (χ0) is 15.6. The summed E-state index contributed by atoms with van der Waals surface area (Å²) < 4.78 is 0. The van der Waals surface area contributed by atoms with Gasteiger partial charge in [-0.2, -0.15) is 0 Å². The molecule has 2 aromatic rings. The van der Waals surface area contributed by atoms with Crippen molar-refractivity contribution in [1.29, 1.82) is 0 Å². The van der Waals surface area contributed by atoms with Crippen LogP contribution in [0, 0.1) is 6.92 Å². The lowest BCUT2D eigenvalue weighted by atomic mass is 10.1. The van der Waals surface area contributed by atoms with Gasteiger partial charge in [-0.1, -0.05) is 13.8 Å². The lowest BCUT2D eigenvalue weighted by Crippen LogP contribution is -2.35. The first kappa shape index (κ1) is 16.1. The highest BCUT2D eigenvalue weighted by Gasteiger charge is 2.18. The number of aryl methyl sites for hydroxylation is 1. The molecule has 0 fully saturated rings. The Balaban J connectivity index is 2.33. The van der Waals surface area contributed by atoms with Gasteiger partial charge in [0.05, 0.1) is 11.4 Å². The number of nitrogens with one attached hydrogen (secondary N) is 1. The molecule has 21 heavy (non-hydrogen) atoms. The predicted octanol–water partition coefficient (Wildman–Crippen LogP) is 4.53. The van der Waals surface area contributed by atoms with Gasteiger partial charge in [-0.05, 0) is 51.3 Å². The maximum absolute atomic E-state index is 4.84. The average Bonchev–Trinajstić information content (AvgIpc) is 2.80. The lowest BCUT2D eigenvalue weighted by molar-refractivity contribution is 0.425. The van der Waals surface area contributed by atoms with Gasteiger partial charge in [0.15, 0.2) is 0 Å². The zero-order valence-corrected chi connectivity index (χ0v) is 14.6. The molecule has 4 heteroatoms. The van der Waals surface area contributed by atoms with Gasteiger partial charge in [-0.25, -0.2) is 4.98 Å². The van der Waals surface area contributed by atoms with Crippen molar-refractivity contribution >= 4 is 11.3 Å². The van der Waals surface area contributed by atoms with Gasteiger partial charge >= 0.3 is 0 Å². The van der Waals surface area contributed by atoms with E-state index in [1.165, 1.54) is 16.1 Å². The van der Waals surface area contributed by atoms with E-state index in [0.29, 0.717) is 5.92 Å². The molecule has 0 saturated carbocycles. The lowest BCUT2D eigenvalue weighted by Gasteiger charge is -2.20. The molecule has 0 aliphatic carbocycles. The van der Waals surface area contributed by atoms with Crippen molar-refractivity contribution in [2.75, 3.05) is 0 Å². The summed E-state index contributed by atoms with van der Waals surface area (Å²) in [4.78, 5) is 10.6. The van der Waals surface area contributed by atoms with E-state index in [9.17, 15) is 0 Å². The van der Waals surface area contributed by atoms with Gasteiger partial charge in [-0.15, -0.1) is 11.3 Å². The largest absolute Gasteiger partial charge is 0.307 e. The van der Waals surface area contributed by atoms with Gasteiger partial charge < -0.3 is 5.32 Å². The zero-order valence-electron chi connectivity index (χ0n) is 13.8. The average molecular weight is 303 g/mol. The second-order valence-electron chi connectivity index (χ2n) is 6.80. The van der Waals surface area contributed by atoms with Crippen LogP contribution in [0.15, 0.2) is 18.3 Å². The molecule has 0 atom stereocenters. The van der Waals surface area contributed by atoms with E-state index in [0.717, 1.165) is 17.2 Å². The Bertz CT molecular complexity index is 609. The van der Waals surface area contributed by atoms with Crippen LogP contribution in [0.25, 0.3) is 10.7 Å². The van der Waals surface area contributed by atoms with Gasteiger partial charge in [0, 0.05) is 23.2 Å². The van der Waals surface area contributed by atoms with E-state index in [4.69, 9.17) is 4.98 Å². The van der Waals surface area contributed by atoms with E-state index < -0.39 is 0 Å². The van der Waals surface area contributed by atoms with Crippen molar-refractivity contribution in [3.8, 4) is 10.7 Å². The molecule has 2 rings (SSSR count). The molecule has 0 unspecified atom stereocenters. The van der Waals surface area contributed by atoms with E-state index in [-0.39, 0.29) is 5.54 Å². The number of pyridine rings is 1. The Morgan fingerprint density at radius 1 is 1.29 bits per heavy atom. The van der Waals surface area contributed by atoms with Crippen LogP contribution in [0.4, 0.5) is 0 Å². The third-order valence-corrected chi connectivity index (χ3v) is 4.28. The van der Waals surface area contributed by atoms with Crippen LogP contribution in [0.5, 0.6) is 0 Å². The summed E-state index contributed by atoms with van der Waals surface area (Å²) >= 11 is 1.75. The fourth-order valence-corrected chi connectivity index (χ4v) is 3.17. The minimum atomic E-state index is 0.111. The molecule has 3 nitrogen and oxygen atoms in total. The summed E-state index contributed by atoms with van der Waals surface area (Å²) in [5, 5.41) is 4.58. The molecule has 0 bridgehead atoms. The fourth-order valence-electron chi connectivity index (χ4n) is 2.05. The maximum Gasteiger partial charge on any atom is 0.142 e. The normalized spacial score (nSPS) is 12.1. The number of hydrogen-bond donors (Lipinski definition) is 1. The summed E-state index contributed by atoms with van der Waals surface area (Å²) in [5.74, 6) is 0.427. The smallest absolute Gasteiger partial charge is 0.142 e. The number of hydrogen-bond acceptors (Lipinski definition) is 4. The molecular formula is C17H25N3S. The molecule has 0 amide bonds. The Morgan fingerprint density at radius 3 is 2.57 bits per heavy atom. The minimum Gasteiger partial charge on any atom is -0.307 e. The highest BCUT2D eigenvalue weighted by Crippen LogP contribution is 2.31. The second-order valence-corrected chi connectivity index (χ2v) is 7.89. The first-order chi connectivity index (χ1) is 9.76. The molecule has 1 N–H and O–H groups in total. The summed E-state index contributed by atoms with van der Waals surface area (Å²) in [7, 11) is 0. The van der Waals surface area contributed by atoms with Gasteiger partial charge in [0.1, 0.15) is 5.01 Å². The minimum absolute atomic E-state index is 0.111. The molecule has 0 aromatic carbocycles. The Kier molecular flexibility index (Phi) is 4.79. The van der Waals surface area contributed by atoms with Crippen LogP contribution in [0.2, 0.25) is 0 Å². The summed E-state index contributed by atoms with van der Waals surface area (Å²) in [5.41, 5.74) is 3.50. The monoisotopic (exact) mass is 303 g/mol. The molecule has 2 aromatic heterocycles. The van der Waals surface area contributed by atoms with Gasteiger partial charge in [0.2, 0.25) is 0 Å². The van der Waals surface area contributed by atoms with E-state index in [2.05, 4.69) is 57.9 Å². The number of nitrogens with zero attached hydrogens (tertiary/aromatic N) is 2. The summed E-state index contributed by atoms with van der Waals surface area (Å²) in [6, 6.07) is 4.12. The van der Waals surface area contributed by atoms with Crippen LogP contribution in [-0.4, -0.2) is 15.5 Å². The number of rotatable bonds is 4. The number of thiazole rings is 1. The van der Waals surface area contributed by atoms with Crippen LogP contribution in [-0.2, 0) is 6.54 Å². The first-order valence-corrected chi connectivity index (χ1v) is 8.25. The highest BCUT2D eigenvalue weighted by atomic mass is 32.1. The summed E-state index contributed by atoms with van der Waals surface area (Å²) in [6.07, 6.45) is 1.86. The maximum atomic E-state index is 4.84. The molecular weight excluding hydrogens is 278 g/mol. The van der Waals surface area contributed by atoms with Crippen molar-refractivity contribution in [2.24, 2.45) is 0 Å².